The molecule has 1 amide bonds. The maximum atomic E-state index is 13.5. The molecule has 1 aromatic heterocycles. The summed E-state index contributed by atoms with van der Waals surface area (Å²) in [5.41, 5.74) is 2.47. The molecule has 0 bridgehead atoms. The van der Waals surface area contributed by atoms with E-state index in [1.54, 1.807) is 20.4 Å². The summed E-state index contributed by atoms with van der Waals surface area (Å²) in [6, 6.07) is 2.71. The highest BCUT2D eigenvalue weighted by Gasteiger charge is 2.31. The summed E-state index contributed by atoms with van der Waals surface area (Å²) in [4.78, 5) is 19.3. The van der Waals surface area contributed by atoms with Gasteiger partial charge in [0.2, 0.25) is 10.0 Å². The van der Waals surface area contributed by atoms with Gasteiger partial charge in [0.25, 0.3) is 5.91 Å². The van der Waals surface area contributed by atoms with Gasteiger partial charge in [0.1, 0.15) is 5.75 Å². The summed E-state index contributed by atoms with van der Waals surface area (Å²) in [6.07, 6.45) is 1.69. The number of morpholine rings is 1. The molecule has 1 aromatic carbocycles. The Morgan fingerprint density at radius 1 is 1.09 bits per heavy atom. The largest absolute Gasteiger partial charge is 0.496 e. The standard InChI is InChI=1S/C23H31N3O7S/c1-15-13-24-19(16(2)21(15)31-5)14-25(3)23(27)18-11-17(12-20(30-4)22(18)32-6)34(28,29)26-7-9-33-10-8-26/h11-13H,7-10,14H2,1-6H3. The number of nitrogens with zero attached hydrogens (tertiary/aromatic N) is 3. The van der Waals surface area contributed by atoms with E-state index in [-0.39, 0.29) is 41.6 Å². The van der Waals surface area contributed by atoms with Gasteiger partial charge in [-0.3, -0.25) is 9.78 Å². The van der Waals surface area contributed by atoms with Gasteiger partial charge in [-0.25, -0.2) is 8.42 Å². The Labute approximate surface area is 200 Å². The molecule has 10 nitrogen and oxygen atoms in total. The highest BCUT2D eigenvalue weighted by atomic mass is 32.2. The number of hydrogen-bond acceptors (Lipinski definition) is 8. The van der Waals surface area contributed by atoms with Crippen molar-refractivity contribution in [1.82, 2.24) is 14.2 Å². The van der Waals surface area contributed by atoms with Crippen LogP contribution in [0, 0.1) is 13.8 Å². The zero-order chi connectivity index (χ0) is 25.0. The van der Waals surface area contributed by atoms with Crippen LogP contribution < -0.4 is 14.2 Å². The Kier molecular flexibility index (Phi) is 8.01. The maximum absolute atomic E-state index is 13.5. The molecular weight excluding hydrogens is 462 g/mol. The van der Waals surface area contributed by atoms with Crippen molar-refractivity contribution in [3.63, 3.8) is 0 Å². The predicted octanol–water partition coefficient (Wildman–Crippen LogP) is 2.02. The number of rotatable bonds is 8. The number of hydrogen-bond donors (Lipinski definition) is 0. The third kappa shape index (κ3) is 4.96. The maximum Gasteiger partial charge on any atom is 0.257 e. The zero-order valence-corrected chi connectivity index (χ0v) is 21.2. The van der Waals surface area contributed by atoms with Gasteiger partial charge in [-0.1, -0.05) is 0 Å². The first-order chi connectivity index (χ1) is 16.1. The van der Waals surface area contributed by atoms with E-state index in [0.29, 0.717) is 24.7 Å². The van der Waals surface area contributed by atoms with Crippen LogP contribution in [-0.4, -0.2) is 83.2 Å². The Balaban J connectivity index is 2.00. The number of carbonyl (C=O) groups is 1. The third-order valence-electron chi connectivity index (χ3n) is 5.77. The van der Waals surface area contributed by atoms with Crippen LogP contribution in [0.2, 0.25) is 0 Å². The third-order valence-corrected chi connectivity index (χ3v) is 7.65. The van der Waals surface area contributed by atoms with Crippen molar-refractivity contribution in [2.75, 3.05) is 54.7 Å². The summed E-state index contributed by atoms with van der Waals surface area (Å²) in [5, 5.41) is 0. The lowest BCUT2D eigenvalue weighted by Gasteiger charge is -2.27. The van der Waals surface area contributed by atoms with Gasteiger partial charge in [0.15, 0.2) is 11.5 Å². The Morgan fingerprint density at radius 3 is 2.32 bits per heavy atom. The van der Waals surface area contributed by atoms with Crippen LogP contribution in [0.4, 0.5) is 0 Å². The molecule has 186 valence electrons. The number of aryl methyl sites for hydroxylation is 1. The molecule has 2 heterocycles. The van der Waals surface area contributed by atoms with Crippen LogP contribution >= 0.6 is 0 Å². The van der Waals surface area contributed by atoms with Gasteiger partial charge < -0.3 is 23.8 Å². The van der Waals surface area contributed by atoms with E-state index in [2.05, 4.69) is 4.98 Å². The first-order valence-corrected chi connectivity index (χ1v) is 12.2. The smallest absolute Gasteiger partial charge is 0.257 e. The second-order valence-electron chi connectivity index (χ2n) is 7.93. The fraction of sp³-hybridized carbons (Fsp3) is 0.478. The Hall–Kier alpha value is -2.89. The normalized spacial score (nSPS) is 14.5. The second kappa shape index (κ2) is 10.6. The molecule has 0 spiro atoms. The number of pyridine rings is 1. The summed E-state index contributed by atoms with van der Waals surface area (Å²) in [7, 11) is 2.14. The Bertz CT molecular complexity index is 1160. The minimum Gasteiger partial charge on any atom is -0.496 e. The quantitative estimate of drug-likeness (QED) is 0.550. The van der Waals surface area contributed by atoms with E-state index in [4.69, 9.17) is 18.9 Å². The molecule has 3 rings (SSSR count). The number of ether oxygens (including phenoxy) is 4. The molecular formula is C23H31N3O7S. The average molecular weight is 494 g/mol. The molecule has 2 aromatic rings. The van der Waals surface area contributed by atoms with E-state index in [1.165, 1.54) is 35.6 Å². The lowest BCUT2D eigenvalue weighted by molar-refractivity contribution is 0.0730. The van der Waals surface area contributed by atoms with Gasteiger partial charge in [0.05, 0.1) is 57.2 Å². The molecule has 0 unspecified atom stereocenters. The molecule has 0 saturated carbocycles. The van der Waals surface area contributed by atoms with Crippen LogP contribution in [0.15, 0.2) is 23.2 Å². The van der Waals surface area contributed by atoms with Gasteiger partial charge in [-0.2, -0.15) is 4.31 Å². The van der Waals surface area contributed by atoms with E-state index in [9.17, 15) is 13.2 Å². The highest BCUT2D eigenvalue weighted by molar-refractivity contribution is 7.89. The van der Waals surface area contributed by atoms with Gasteiger partial charge in [-0.15, -0.1) is 0 Å². The van der Waals surface area contributed by atoms with Crippen molar-refractivity contribution in [3.8, 4) is 17.2 Å². The molecule has 1 fully saturated rings. The van der Waals surface area contributed by atoms with E-state index in [1.807, 2.05) is 13.8 Å². The molecule has 1 aliphatic heterocycles. The topological polar surface area (TPSA) is 108 Å². The zero-order valence-electron chi connectivity index (χ0n) is 20.4. The minimum absolute atomic E-state index is 0.0462. The molecule has 0 radical (unpaired) electrons. The highest BCUT2D eigenvalue weighted by Crippen LogP contribution is 2.36. The molecule has 0 N–H and O–H groups in total. The summed E-state index contributed by atoms with van der Waals surface area (Å²) in [6.45, 7) is 5.06. The van der Waals surface area contributed by atoms with Crippen molar-refractivity contribution in [1.29, 1.82) is 0 Å². The summed E-state index contributed by atoms with van der Waals surface area (Å²) >= 11 is 0. The van der Waals surface area contributed by atoms with E-state index >= 15 is 0 Å². The van der Waals surface area contributed by atoms with Crippen molar-refractivity contribution in [2.24, 2.45) is 0 Å². The van der Waals surface area contributed by atoms with Crippen LogP contribution in [0.3, 0.4) is 0 Å². The number of amides is 1. The molecule has 1 aliphatic rings. The van der Waals surface area contributed by atoms with Crippen LogP contribution in [-0.2, 0) is 21.3 Å². The monoisotopic (exact) mass is 493 g/mol. The molecule has 11 heteroatoms. The van der Waals surface area contributed by atoms with Crippen LogP contribution in [0.5, 0.6) is 17.2 Å². The lowest BCUT2D eigenvalue weighted by Crippen LogP contribution is -2.40. The SMILES string of the molecule is COc1cc(S(=O)(=O)N2CCOCC2)cc(C(=O)N(C)Cc2ncc(C)c(OC)c2C)c1OC. The predicted molar refractivity (Wildman–Crippen MR) is 125 cm³/mol. The van der Waals surface area contributed by atoms with E-state index in [0.717, 1.165) is 11.1 Å². The van der Waals surface area contributed by atoms with E-state index < -0.39 is 15.9 Å². The number of carbonyl (C=O) groups excluding carboxylic acids is 1. The number of benzene rings is 1. The van der Waals surface area contributed by atoms with Gasteiger partial charge in [-0.05, 0) is 19.9 Å². The van der Waals surface area contributed by atoms with Gasteiger partial charge in [0, 0.05) is 43.5 Å². The van der Waals surface area contributed by atoms with Gasteiger partial charge >= 0.3 is 0 Å². The molecule has 0 aliphatic carbocycles. The first-order valence-electron chi connectivity index (χ1n) is 10.7. The summed E-state index contributed by atoms with van der Waals surface area (Å²) in [5.74, 6) is 0.588. The number of sulfonamides is 1. The molecule has 0 atom stereocenters. The lowest BCUT2D eigenvalue weighted by atomic mass is 10.1. The van der Waals surface area contributed by atoms with Crippen LogP contribution in [0.1, 0.15) is 27.2 Å². The summed E-state index contributed by atoms with van der Waals surface area (Å²) < 4.78 is 49.4. The second-order valence-corrected chi connectivity index (χ2v) is 9.87. The number of aromatic nitrogens is 1. The molecule has 34 heavy (non-hydrogen) atoms. The molecule has 1 saturated heterocycles. The van der Waals surface area contributed by atoms with Crippen molar-refractivity contribution >= 4 is 15.9 Å². The average Bonchev–Trinajstić information content (AvgIpc) is 2.85. The van der Waals surface area contributed by atoms with Crippen molar-refractivity contribution < 1.29 is 32.2 Å². The fourth-order valence-corrected chi connectivity index (χ4v) is 5.37. The van der Waals surface area contributed by atoms with Crippen molar-refractivity contribution in [3.05, 3.63) is 40.7 Å². The first kappa shape index (κ1) is 25.7. The minimum atomic E-state index is -3.86. The Morgan fingerprint density at radius 2 is 1.74 bits per heavy atom. The fourth-order valence-electron chi connectivity index (χ4n) is 3.92. The number of methoxy groups -OCH3 is 3. The van der Waals surface area contributed by atoms with Crippen LogP contribution in [0.25, 0.3) is 0 Å². The van der Waals surface area contributed by atoms with Crippen molar-refractivity contribution in [2.45, 2.75) is 25.3 Å².